The van der Waals surface area contributed by atoms with Crippen LogP contribution in [0.5, 0.6) is 5.75 Å². The van der Waals surface area contributed by atoms with Gasteiger partial charge in [-0.3, -0.25) is 9.59 Å². The van der Waals surface area contributed by atoms with E-state index < -0.39 is 35.2 Å². The Labute approximate surface area is 233 Å². The number of benzene rings is 2. The lowest BCUT2D eigenvalue weighted by atomic mass is 9.90. The zero-order valence-electron chi connectivity index (χ0n) is 25.0. The molecule has 3 amide bonds. The summed E-state index contributed by atoms with van der Waals surface area (Å²) in [6.07, 6.45) is -0.598. The van der Waals surface area contributed by atoms with Gasteiger partial charge in [-0.05, 0) is 104 Å². The SMILES string of the molecule is Cc1cccc(C(C(=O)NC(C)C)N(C(=O)C(Cc2ccc(O)cc2)NC(=O)OC(C)(C)C)C(C)(C)C)c1C. The first-order valence-electron chi connectivity index (χ1n) is 13.4. The van der Waals surface area contributed by atoms with Gasteiger partial charge in [0, 0.05) is 18.0 Å². The van der Waals surface area contributed by atoms with Crippen LogP contribution in [0.1, 0.15) is 83.7 Å². The van der Waals surface area contributed by atoms with Crippen molar-refractivity contribution in [1.29, 1.82) is 0 Å². The molecule has 0 saturated heterocycles. The Morgan fingerprint density at radius 2 is 1.51 bits per heavy atom. The molecule has 0 bridgehead atoms. The summed E-state index contributed by atoms with van der Waals surface area (Å²) in [6, 6.07) is 10.0. The highest BCUT2D eigenvalue weighted by molar-refractivity contribution is 5.93. The number of alkyl carbamates (subject to hydrolysis) is 1. The Bertz CT molecular complexity index is 1160. The lowest BCUT2D eigenvalue weighted by Gasteiger charge is -2.43. The van der Waals surface area contributed by atoms with Crippen LogP contribution in [-0.2, 0) is 20.7 Å². The first-order valence-corrected chi connectivity index (χ1v) is 13.4. The number of aromatic hydroxyl groups is 1. The molecule has 2 unspecified atom stereocenters. The van der Waals surface area contributed by atoms with Crippen molar-refractivity contribution < 1.29 is 24.2 Å². The number of hydrogen-bond donors (Lipinski definition) is 3. The minimum atomic E-state index is -1.04. The fourth-order valence-electron chi connectivity index (χ4n) is 4.36. The molecule has 0 spiro atoms. The van der Waals surface area contributed by atoms with Gasteiger partial charge in [0.1, 0.15) is 23.4 Å². The molecule has 2 rings (SSSR count). The number of hydrogen-bond acceptors (Lipinski definition) is 5. The summed E-state index contributed by atoms with van der Waals surface area (Å²) < 4.78 is 5.48. The zero-order chi connectivity index (χ0) is 29.7. The summed E-state index contributed by atoms with van der Waals surface area (Å²) in [4.78, 5) is 42.7. The minimum absolute atomic E-state index is 0.0957. The van der Waals surface area contributed by atoms with E-state index in [2.05, 4.69) is 10.6 Å². The van der Waals surface area contributed by atoms with Crippen LogP contribution in [0.25, 0.3) is 0 Å². The lowest BCUT2D eigenvalue weighted by molar-refractivity contribution is -0.148. The molecular weight excluding hydrogens is 494 g/mol. The van der Waals surface area contributed by atoms with Crippen LogP contribution in [0.3, 0.4) is 0 Å². The predicted molar refractivity (Wildman–Crippen MR) is 154 cm³/mol. The summed E-state index contributed by atoms with van der Waals surface area (Å²) in [7, 11) is 0. The second-order valence-corrected chi connectivity index (χ2v) is 12.3. The minimum Gasteiger partial charge on any atom is -0.508 e. The summed E-state index contributed by atoms with van der Waals surface area (Å²) in [5, 5.41) is 15.5. The smallest absolute Gasteiger partial charge is 0.408 e. The highest BCUT2D eigenvalue weighted by Crippen LogP contribution is 2.33. The molecule has 8 heteroatoms. The van der Waals surface area contributed by atoms with E-state index in [-0.39, 0.29) is 24.1 Å². The number of nitrogens with zero attached hydrogens (tertiary/aromatic N) is 1. The second-order valence-electron chi connectivity index (χ2n) is 12.3. The van der Waals surface area contributed by atoms with E-state index in [0.29, 0.717) is 0 Å². The molecule has 214 valence electrons. The van der Waals surface area contributed by atoms with Crippen molar-refractivity contribution in [1.82, 2.24) is 15.5 Å². The molecule has 0 radical (unpaired) electrons. The van der Waals surface area contributed by atoms with E-state index in [1.165, 1.54) is 12.1 Å². The first kappa shape index (κ1) is 31.7. The topological polar surface area (TPSA) is 108 Å². The number of ether oxygens (including phenoxy) is 1. The van der Waals surface area contributed by atoms with Gasteiger partial charge >= 0.3 is 6.09 Å². The molecule has 3 N–H and O–H groups in total. The van der Waals surface area contributed by atoms with Crippen molar-refractivity contribution in [3.8, 4) is 5.75 Å². The van der Waals surface area contributed by atoms with Crippen molar-refractivity contribution in [2.75, 3.05) is 0 Å². The van der Waals surface area contributed by atoms with Crippen LogP contribution in [0.4, 0.5) is 4.79 Å². The van der Waals surface area contributed by atoms with Crippen LogP contribution in [0.2, 0.25) is 0 Å². The van der Waals surface area contributed by atoms with Crippen molar-refractivity contribution in [3.63, 3.8) is 0 Å². The molecule has 2 aromatic carbocycles. The summed E-state index contributed by atoms with van der Waals surface area (Å²) in [5.41, 5.74) is 1.80. The van der Waals surface area contributed by atoms with Gasteiger partial charge in [0.15, 0.2) is 0 Å². The molecule has 0 aromatic heterocycles. The van der Waals surface area contributed by atoms with Gasteiger partial charge in [0.2, 0.25) is 11.8 Å². The number of phenols is 1. The van der Waals surface area contributed by atoms with Crippen molar-refractivity contribution in [2.45, 2.75) is 105 Å². The van der Waals surface area contributed by atoms with Gasteiger partial charge in [-0.25, -0.2) is 4.79 Å². The molecule has 39 heavy (non-hydrogen) atoms. The fraction of sp³-hybridized carbons (Fsp3) is 0.516. The quantitative estimate of drug-likeness (QED) is 0.420. The Morgan fingerprint density at radius 1 is 0.923 bits per heavy atom. The van der Waals surface area contributed by atoms with Gasteiger partial charge in [-0.1, -0.05) is 30.3 Å². The van der Waals surface area contributed by atoms with Crippen molar-refractivity contribution in [2.24, 2.45) is 0 Å². The van der Waals surface area contributed by atoms with Crippen molar-refractivity contribution in [3.05, 3.63) is 64.7 Å². The molecule has 0 aliphatic rings. The maximum absolute atomic E-state index is 14.5. The first-order chi connectivity index (χ1) is 17.9. The van der Waals surface area contributed by atoms with E-state index in [9.17, 15) is 19.5 Å². The zero-order valence-corrected chi connectivity index (χ0v) is 25.0. The number of carbonyl (C=O) groups excluding carboxylic acids is 3. The average molecular weight is 540 g/mol. The molecule has 0 aliphatic carbocycles. The normalized spacial score (nSPS) is 13.4. The second kappa shape index (κ2) is 12.5. The van der Waals surface area contributed by atoms with Gasteiger partial charge in [0.25, 0.3) is 0 Å². The lowest BCUT2D eigenvalue weighted by Crippen LogP contribution is -2.59. The Kier molecular flexibility index (Phi) is 10.2. The summed E-state index contributed by atoms with van der Waals surface area (Å²) in [6.45, 7) is 18.5. The van der Waals surface area contributed by atoms with E-state index in [4.69, 9.17) is 4.74 Å². The number of amides is 3. The Morgan fingerprint density at radius 3 is 2.03 bits per heavy atom. The Hall–Kier alpha value is -3.55. The van der Waals surface area contributed by atoms with Crippen LogP contribution in [0.15, 0.2) is 42.5 Å². The predicted octanol–water partition coefficient (Wildman–Crippen LogP) is 5.34. The van der Waals surface area contributed by atoms with E-state index in [1.54, 1.807) is 37.8 Å². The highest BCUT2D eigenvalue weighted by atomic mass is 16.6. The highest BCUT2D eigenvalue weighted by Gasteiger charge is 2.42. The van der Waals surface area contributed by atoms with Gasteiger partial charge in [0.05, 0.1) is 0 Å². The number of rotatable bonds is 8. The average Bonchev–Trinajstić information content (AvgIpc) is 2.77. The molecule has 8 nitrogen and oxygen atoms in total. The molecule has 0 saturated carbocycles. The Balaban J connectivity index is 2.66. The van der Waals surface area contributed by atoms with E-state index in [1.807, 2.05) is 66.7 Å². The van der Waals surface area contributed by atoms with E-state index in [0.717, 1.165) is 22.3 Å². The molecule has 2 atom stereocenters. The molecule has 0 aliphatic heterocycles. The standard InChI is InChI=1S/C31H45N3O5/c1-19(2)32-27(36)26(24-13-11-12-20(3)21(24)4)34(30(5,6)7)28(37)25(33-29(38)39-31(8,9)10)18-22-14-16-23(35)17-15-22/h11-17,19,25-26,35H,18H2,1-10H3,(H,32,36)(H,33,38). The molecule has 2 aromatic rings. The summed E-state index contributed by atoms with van der Waals surface area (Å²) in [5.74, 6) is -0.632. The number of aryl methyl sites for hydroxylation is 1. The van der Waals surface area contributed by atoms with Gasteiger partial charge < -0.3 is 25.4 Å². The maximum Gasteiger partial charge on any atom is 0.408 e. The fourth-order valence-corrected chi connectivity index (χ4v) is 4.36. The third kappa shape index (κ3) is 9.01. The third-order valence-electron chi connectivity index (χ3n) is 6.20. The van der Waals surface area contributed by atoms with Crippen LogP contribution >= 0.6 is 0 Å². The summed E-state index contributed by atoms with van der Waals surface area (Å²) >= 11 is 0. The van der Waals surface area contributed by atoms with Crippen LogP contribution < -0.4 is 10.6 Å². The van der Waals surface area contributed by atoms with Gasteiger partial charge in [-0.2, -0.15) is 0 Å². The monoisotopic (exact) mass is 539 g/mol. The number of phenolic OH excluding ortho intramolecular Hbond substituents is 1. The number of nitrogens with one attached hydrogen (secondary N) is 2. The third-order valence-corrected chi connectivity index (χ3v) is 6.20. The van der Waals surface area contributed by atoms with E-state index >= 15 is 0 Å². The van der Waals surface area contributed by atoms with Gasteiger partial charge in [-0.15, -0.1) is 0 Å². The molecule has 0 heterocycles. The van der Waals surface area contributed by atoms with Crippen LogP contribution in [0, 0.1) is 13.8 Å². The largest absolute Gasteiger partial charge is 0.508 e. The van der Waals surface area contributed by atoms with Crippen molar-refractivity contribution >= 4 is 17.9 Å². The van der Waals surface area contributed by atoms with Crippen LogP contribution in [-0.4, -0.2) is 51.1 Å². The molecule has 0 fully saturated rings. The molecular formula is C31H45N3O5. The number of carbonyl (C=O) groups is 3. The maximum atomic E-state index is 14.5.